The lowest BCUT2D eigenvalue weighted by Crippen LogP contribution is -2.44. The first kappa shape index (κ1) is 21.4. The normalized spacial score (nSPS) is 18.2. The molecule has 0 spiro atoms. The van der Waals surface area contributed by atoms with E-state index >= 15 is 8.78 Å². The van der Waals surface area contributed by atoms with Crippen LogP contribution in [0.1, 0.15) is 31.9 Å². The fourth-order valence-corrected chi connectivity index (χ4v) is 3.07. The number of nitrogens with zero attached hydrogens (tertiary/aromatic N) is 1. The lowest BCUT2D eigenvalue weighted by Gasteiger charge is -2.32. The van der Waals surface area contributed by atoms with Crippen LogP contribution in [0.25, 0.3) is 11.7 Å². The van der Waals surface area contributed by atoms with Crippen LogP contribution in [-0.2, 0) is 9.53 Å². The molecule has 1 fully saturated rings. The fourth-order valence-electron chi connectivity index (χ4n) is 3.07. The molecule has 1 saturated heterocycles. The molecule has 30 heavy (non-hydrogen) atoms. The number of hydrogen-bond donors (Lipinski definition) is 0. The summed E-state index contributed by atoms with van der Waals surface area (Å²) in [6.45, 7) is 4.48. The number of rotatable bonds is 2. The van der Waals surface area contributed by atoms with Gasteiger partial charge in [-0.15, -0.1) is 0 Å². The van der Waals surface area contributed by atoms with E-state index < -0.39 is 29.1 Å². The van der Waals surface area contributed by atoms with Crippen molar-refractivity contribution in [2.24, 2.45) is 0 Å². The molecule has 0 radical (unpaired) electrons. The highest BCUT2D eigenvalue weighted by atomic mass is 19.1. The number of carbonyl (C=O) groups is 2. The van der Waals surface area contributed by atoms with Crippen molar-refractivity contribution in [3.05, 3.63) is 82.9 Å². The number of hydrogen-bond acceptors (Lipinski definition) is 3. The first-order chi connectivity index (χ1) is 14.2. The highest BCUT2D eigenvalue weighted by Gasteiger charge is 2.36. The minimum Gasteiger partial charge on any atom is -0.444 e. The molecule has 0 aliphatic carbocycles. The van der Waals surface area contributed by atoms with Gasteiger partial charge in [0.05, 0.1) is 24.2 Å². The van der Waals surface area contributed by atoms with E-state index in [1.807, 2.05) is 0 Å². The molecule has 0 atom stereocenters. The zero-order chi connectivity index (χ0) is 21.9. The minimum atomic E-state index is -0.789. The van der Waals surface area contributed by atoms with E-state index in [4.69, 9.17) is 4.74 Å². The maximum absolute atomic E-state index is 15.2. The number of benzene rings is 2. The molecular weight excluding hydrogens is 388 g/mol. The summed E-state index contributed by atoms with van der Waals surface area (Å²) < 4.78 is 35.8. The van der Waals surface area contributed by atoms with Crippen molar-refractivity contribution in [1.82, 2.24) is 4.90 Å². The van der Waals surface area contributed by atoms with Crippen LogP contribution >= 0.6 is 0 Å². The van der Waals surface area contributed by atoms with Gasteiger partial charge in [0.25, 0.3) is 0 Å². The highest BCUT2D eigenvalue weighted by Crippen LogP contribution is 2.32. The topological polar surface area (TPSA) is 46.6 Å². The van der Waals surface area contributed by atoms with Gasteiger partial charge in [0, 0.05) is 11.1 Å². The predicted octanol–water partition coefficient (Wildman–Crippen LogP) is 5.57. The van der Waals surface area contributed by atoms with Gasteiger partial charge >= 0.3 is 6.09 Å². The van der Waals surface area contributed by atoms with Crippen molar-refractivity contribution in [1.29, 1.82) is 0 Å². The third-order valence-electron chi connectivity index (χ3n) is 4.48. The third kappa shape index (κ3) is 4.82. The highest BCUT2D eigenvalue weighted by molar-refractivity contribution is 6.17. The Hall–Kier alpha value is -3.28. The van der Waals surface area contributed by atoms with Gasteiger partial charge in [-0.25, -0.2) is 13.6 Å². The molecule has 4 nitrogen and oxygen atoms in total. The summed E-state index contributed by atoms with van der Waals surface area (Å²) in [6, 6.07) is 16.0. The van der Waals surface area contributed by atoms with Gasteiger partial charge in [0.2, 0.25) is 0 Å². The second kappa shape index (κ2) is 8.61. The number of halogens is 2. The molecule has 0 aromatic heterocycles. The summed E-state index contributed by atoms with van der Waals surface area (Å²) in [5, 5.41) is 0. The number of piperidine rings is 1. The molecule has 1 amide bonds. The Labute approximate surface area is 174 Å². The molecule has 1 heterocycles. The van der Waals surface area contributed by atoms with E-state index in [1.165, 1.54) is 24.3 Å². The Bertz CT molecular complexity index is 938. The molecule has 0 saturated carbocycles. The van der Waals surface area contributed by atoms with Crippen molar-refractivity contribution in [3.8, 4) is 0 Å². The molecule has 0 N–H and O–H groups in total. The number of carbonyl (C=O) groups excluding carboxylic acids is 2. The van der Waals surface area contributed by atoms with Crippen molar-refractivity contribution in [2.45, 2.75) is 26.4 Å². The van der Waals surface area contributed by atoms with Gasteiger partial charge in [-0.2, -0.15) is 0 Å². The van der Waals surface area contributed by atoms with Gasteiger partial charge in [-0.1, -0.05) is 60.7 Å². The molecule has 1 aliphatic rings. The van der Waals surface area contributed by atoms with Crippen molar-refractivity contribution in [2.75, 3.05) is 13.1 Å². The largest absolute Gasteiger partial charge is 0.444 e. The van der Waals surface area contributed by atoms with Crippen LogP contribution in [0, 0.1) is 0 Å². The SMILES string of the molecule is CC(C)(C)OC(=O)N1C/C(=C(/F)c2ccccc2)C(=O)/C(=C(\F)c2ccccc2)C1. The Morgan fingerprint density at radius 1 is 0.833 bits per heavy atom. The van der Waals surface area contributed by atoms with E-state index in [-0.39, 0.29) is 35.4 Å². The average molecular weight is 411 g/mol. The molecule has 0 bridgehead atoms. The van der Waals surface area contributed by atoms with Crippen LogP contribution in [0.15, 0.2) is 71.8 Å². The monoisotopic (exact) mass is 411 g/mol. The smallest absolute Gasteiger partial charge is 0.410 e. The molecular formula is C24H23F2NO3. The summed E-state index contributed by atoms with van der Waals surface area (Å²) >= 11 is 0. The number of Topliss-reactive ketones (excluding diaryl/α,β-unsaturated/α-hetero) is 1. The van der Waals surface area contributed by atoms with Crippen LogP contribution in [0.2, 0.25) is 0 Å². The zero-order valence-corrected chi connectivity index (χ0v) is 17.1. The van der Waals surface area contributed by atoms with E-state index in [2.05, 4.69) is 0 Å². The van der Waals surface area contributed by atoms with E-state index in [0.717, 1.165) is 4.90 Å². The Balaban J connectivity index is 2.09. The number of ketones is 1. The number of amides is 1. The molecule has 1 aliphatic heterocycles. The first-order valence-corrected chi connectivity index (χ1v) is 9.58. The van der Waals surface area contributed by atoms with Crippen LogP contribution in [0.5, 0.6) is 0 Å². The average Bonchev–Trinajstić information content (AvgIpc) is 2.73. The van der Waals surface area contributed by atoms with Crippen molar-refractivity contribution < 1.29 is 23.1 Å². The third-order valence-corrected chi connectivity index (χ3v) is 4.48. The number of likely N-dealkylation sites (tertiary alicyclic amines) is 1. The summed E-state index contributed by atoms with van der Waals surface area (Å²) in [6.07, 6.45) is -0.744. The van der Waals surface area contributed by atoms with Crippen LogP contribution in [-0.4, -0.2) is 35.5 Å². The van der Waals surface area contributed by atoms with Gasteiger partial charge in [0.1, 0.15) is 17.3 Å². The molecule has 6 heteroatoms. The Morgan fingerprint density at radius 2 is 1.23 bits per heavy atom. The van der Waals surface area contributed by atoms with Crippen LogP contribution in [0.3, 0.4) is 0 Å². The maximum atomic E-state index is 15.2. The quantitative estimate of drug-likeness (QED) is 0.607. The van der Waals surface area contributed by atoms with Gasteiger partial charge in [-0.05, 0) is 20.8 Å². The van der Waals surface area contributed by atoms with E-state index in [9.17, 15) is 9.59 Å². The summed E-state index contributed by atoms with van der Waals surface area (Å²) in [5.41, 5.74) is -0.973. The lowest BCUT2D eigenvalue weighted by atomic mass is 9.93. The lowest BCUT2D eigenvalue weighted by molar-refractivity contribution is -0.113. The Morgan fingerprint density at radius 3 is 1.60 bits per heavy atom. The Kier molecular flexibility index (Phi) is 6.15. The summed E-state index contributed by atoms with van der Waals surface area (Å²) in [4.78, 5) is 26.8. The standard InChI is InChI=1S/C24H23F2NO3/c1-24(2,3)30-23(29)27-14-18(20(25)16-10-6-4-7-11-16)22(28)19(15-27)21(26)17-12-8-5-9-13-17/h4-13H,14-15H2,1-3H3/b20-18-,21-19-. The van der Waals surface area contributed by atoms with Crippen LogP contribution in [0.4, 0.5) is 13.6 Å². The van der Waals surface area contributed by atoms with Crippen molar-refractivity contribution in [3.63, 3.8) is 0 Å². The number of ether oxygens (including phenoxy) is 1. The summed E-state index contributed by atoms with van der Waals surface area (Å²) in [7, 11) is 0. The van der Waals surface area contributed by atoms with Crippen molar-refractivity contribution >= 4 is 23.5 Å². The van der Waals surface area contributed by atoms with Crippen LogP contribution < -0.4 is 0 Å². The fraction of sp³-hybridized carbons (Fsp3) is 0.250. The van der Waals surface area contributed by atoms with Gasteiger partial charge < -0.3 is 4.74 Å². The second-order valence-electron chi connectivity index (χ2n) is 7.98. The molecule has 0 unspecified atom stereocenters. The van der Waals surface area contributed by atoms with E-state index in [0.29, 0.717) is 0 Å². The molecule has 2 aromatic carbocycles. The van der Waals surface area contributed by atoms with Gasteiger partial charge in [0.15, 0.2) is 5.78 Å². The minimum absolute atomic E-state index is 0.186. The predicted molar refractivity (Wildman–Crippen MR) is 112 cm³/mol. The maximum Gasteiger partial charge on any atom is 0.410 e. The van der Waals surface area contributed by atoms with Gasteiger partial charge in [-0.3, -0.25) is 9.69 Å². The molecule has 3 rings (SSSR count). The van der Waals surface area contributed by atoms with E-state index in [1.54, 1.807) is 57.2 Å². The molecule has 2 aromatic rings. The molecule has 156 valence electrons. The zero-order valence-electron chi connectivity index (χ0n) is 17.1. The first-order valence-electron chi connectivity index (χ1n) is 9.58. The summed E-state index contributed by atoms with van der Waals surface area (Å²) in [5.74, 6) is -2.32. The second-order valence-corrected chi connectivity index (χ2v) is 7.98.